The van der Waals surface area contributed by atoms with Gasteiger partial charge in [0, 0.05) is 31.8 Å². The molecule has 0 aliphatic heterocycles. The molecule has 0 spiro atoms. The Morgan fingerprint density at radius 2 is 1.18 bits per heavy atom. The standard InChI is InChI=1S/C36H25NS/c1-36(2)30-13-7-5-9-25(30)29-21-24(19-20-31(29)36)22-15-17-23(18-16-22)33-26-10-3-4-11-27(26)35-34(37-33)28-12-6-8-14-32(28)38-35/h3-21H,1-2H3. The highest BCUT2D eigenvalue weighted by Gasteiger charge is 2.35. The first-order chi connectivity index (χ1) is 18.6. The highest BCUT2D eigenvalue weighted by Crippen LogP contribution is 2.49. The summed E-state index contributed by atoms with van der Waals surface area (Å²) in [5.74, 6) is 0. The second-order valence-electron chi connectivity index (χ2n) is 10.8. The Morgan fingerprint density at radius 3 is 2.03 bits per heavy atom. The van der Waals surface area contributed by atoms with Crippen molar-refractivity contribution in [1.29, 1.82) is 0 Å². The highest BCUT2D eigenvalue weighted by atomic mass is 32.1. The summed E-state index contributed by atoms with van der Waals surface area (Å²) in [6, 6.07) is 42.0. The summed E-state index contributed by atoms with van der Waals surface area (Å²) in [4.78, 5) is 5.26. The van der Waals surface area contributed by atoms with Crippen LogP contribution in [0.1, 0.15) is 25.0 Å². The van der Waals surface area contributed by atoms with E-state index >= 15 is 0 Å². The number of rotatable bonds is 2. The summed E-state index contributed by atoms with van der Waals surface area (Å²) in [5, 5.41) is 3.71. The maximum Gasteiger partial charge on any atom is 0.0902 e. The van der Waals surface area contributed by atoms with Gasteiger partial charge in [0.25, 0.3) is 0 Å². The average molecular weight is 504 g/mol. The van der Waals surface area contributed by atoms with Gasteiger partial charge in [-0.1, -0.05) is 117 Å². The second-order valence-corrected chi connectivity index (χ2v) is 11.8. The van der Waals surface area contributed by atoms with E-state index in [1.807, 2.05) is 11.3 Å². The Morgan fingerprint density at radius 1 is 0.553 bits per heavy atom. The van der Waals surface area contributed by atoms with Gasteiger partial charge in [0.05, 0.1) is 15.9 Å². The third-order valence-electron chi connectivity index (χ3n) is 8.29. The maximum atomic E-state index is 5.26. The van der Waals surface area contributed by atoms with E-state index in [2.05, 4.69) is 129 Å². The van der Waals surface area contributed by atoms with Crippen molar-refractivity contribution in [3.8, 4) is 33.5 Å². The first kappa shape index (κ1) is 21.8. The lowest BCUT2D eigenvalue weighted by Crippen LogP contribution is -2.14. The van der Waals surface area contributed by atoms with Gasteiger partial charge in [-0.2, -0.15) is 0 Å². The van der Waals surface area contributed by atoms with Crippen LogP contribution in [0.5, 0.6) is 0 Å². The van der Waals surface area contributed by atoms with Gasteiger partial charge in [0.2, 0.25) is 0 Å². The van der Waals surface area contributed by atoms with E-state index in [0.717, 1.165) is 16.8 Å². The fraction of sp³-hybridized carbons (Fsp3) is 0.0833. The number of aromatic nitrogens is 1. The van der Waals surface area contributed by atoms with Gasteiger partial charge >= 0.3 is 0 Å². The summed E-state index contributed by atoms with van der Waals surface area (Å²) >= 11 is 1.84. The van der Waals surface area contributed by atoms with Crippen molar-refractivity contribution in [2.24, 2.45) is 0 Å². The zero-order valence-electron chi connectivity index (χ0n) is 21.3. The maximum absolute atomic E-state index is 5.26. The summed E-state index contributed by atoms with van der Waals surface area (Å²) in [6.45, 7) is 4.66. The van der Waals surface area contributed by atoms with Crippen LogP contribution in [-0.2, 0) is 5.41 Å². The molecule has 1 aliphatic carbocycles. The Balaban J connectivity index is 1.26. The topological polar surface area (TPSA) is 12.9 Å². The molecule has 2 heterocycles. The van der Waals surface area contributed by atoms with Crippen molar-refractivity contribution in [2.45, 2.75) is 19.3 Å². The molecular weight excluding hydrogens is 478 g/mol. The molecule has 1 aliphatic rings. The van der Waals surface area contributed by atoms with Crippen molar-refractivity contribution >= 4 is 42.4 Å². The smallest absolute Gasteiger partial charge is 0.0902 e. The van der Waals surface area contributed by atoms with E-state index in [1.165, 1.54) is 58.9 Å². The third kappa shape index (κ3) is 3.01. The van der Waals surface area contributed by atoms with Crippen LogP contribution in [0.3, 0.4) is 0 Å². The molecule has 0 amide bonds. The van der Waals surface area contributed by atoms with E-state index < -0.39 is 0 Å². The number of hydrogen-bond donors (Lipinski definition) is 0. The molecule has 5 aromatic carbocycles. The van der Waals surface area contributed by atoms with Crippen LogP contribution in [-0.4, -0.2) is 4.98 Å². The van der Waals surface area contributed by atoms with Crippen LogP contribution in [0, 0.1) is 0 Å². The van der Waals surface area contributed by atoms with E-state index in [0.29, 0.717) is 0 Å². The first-order valence-electron chi connectivity index (χ1n) is 13.1. The molecule has 7 aromatic rings. The van der Waals surface area contributed by atoms with Crippen molar-refractivity contribution in [1.82, 2.24) is 4.98 Å². The molecule has 0 N–H and O–H groups in total. The molecular formula is C36H25NS. The Bertz CT molecular complexity index is 2040. The normalized spacial score (nSPS) is 13.7. The Labute approximate surface area is 226 Å². The fourth-order valence-corrected chi connectivity index (χ4v) is 7.51. The molecule has 0 atom stereocenters. The van der Waals surface area contributed by atoms with Crippen LogP contribution in [0.2, 0.25) is 0 Å². The van der Waals surface area contributed by atoms with Crippen LogP contribution in [0.4, 0.5) is 0 Å². The van der Waals surface area contributed by atoms with Gasteiger partial charge in [-0.3, -0.25) is 0 Å². The lowest BCUT2D eigenvalue weighted by atomic mass is 9.82. The molecule has 0 saturated heterocycles. The van der Waals surface area contributed by atoms with E-state index in [9.17, 15) is 0 Å². The minimum absolute atomic E-state index is 0.0332. The molecule has 8 rings (SSSR count). The zero-order valence-corrected chi connectivity index (χ0v) is 22.1. The number of thiophene rings is 1. The van der Waals surface area contributed by atoms with Crippen LogP contribution in [0.25, 0.3) is 64.6 Å². The van der Waals surface area contributed by atoms with E-state index in [-0.39, 0.29) is 5.41 Å². The SMILES string of the molecule is CC1(C)c2ccccc2-c2cc(-c3ccc(-c4nc5c6ccccc6sc5c5ccccc45)cc3)ccc21. The number of fused-ring (bicyclic) bond motifs is 8. The summed E-state index contributed by atoms with van der Waals surface area (Å²) in [5.41, 5.74) is 11.3. The predicted octanol–water partition coefficient (Wildman–Crippen LogP) is 10.2. The average Bonchev–Trinajstić information content (AvgIpc) is 3.45. The zero-order chi connectivity index (χ0) is 25.4. The third-order valence-corrected chi connectivity index (χ3v) is 9.49. The van der Waals surface area contributed by atoms with Gasteiger partial charge in [-0.25, -0.2) is 4.98 Å². The van der Waals surface area contributed by atoms with Crippen molar-refractivity contribution in [3.63, 3.8) is 0 Å². The highest BCUT2D eigenvalue weighted by molar-refractivity contribution is 7.26. The van der Waals surface area contributed by atoms with Gasteiger partial charge in [-0.15, -0.1) is 11.3 Å². The van der Waals surface area contributed by atoms with Gasteiger partial charge in [-0.05, 0) is 45.5 Å². The molecule has 0 saturated carbocycles. The minimum Gasteiger partial charge on any atom is -0.246 e. The van der Waals surface area contributed by atoms with Gasteiger partial charge < -0.3 is 0 Å². The molecule has 0 unspecified atom stereocenters. The Kier molecular flexibility index (Phi) is 4.51. The minimum atomic E-state index is 0.0332. The summed E-state index contributed by atoms with van der Waals surface area (Å²) < 4.78 is 2.55. The lowest BCUT2D eigenvalue weighted by molar-refractivity contribution is 0.660. The summed E-state index contributed by atoms with van der Waals surface area (Å²) in [7, 11) is 0. The van der Waals surface area contributed by atoms with Crippen molar-refractivity contribution < 1.29 is 0 Å². The molecule has 0 bridgehead atoms. The van der Waals surface area contributed by atoms with Gasteiger partial charge in [0.1, 0.15) is 0 Å². The molecule has 0 radical (unpaired) electrons. The predicted molar refractivity (Wildman–Crippen MR) is 163 cm³/mol. The van der Waals surface area contributed by atoms with E-state index in [4.69, 9.17) is 4.98 Å². The van der Waals surface area contributed by atoms with Crippen LogP contribution < -0.4 is 0 Å². The number of benzene rings is 5. The van der Waals surface area contributed by atoms with Gasteiger partial charge in [0.15, 0.2) is 0 Å². The molecule has 180 valence electrons. The largest absolute Gasteiger partial charge is 0.246 e. The molecule has 2 heteroatoms. The van der Waals surface area contributed by atoms with Crippen LogP contribution >= 0.6 is 11.3 Å². The van der Waals surface area contributed by atoms with E-state index in [1.54, 1.807) is 0 Å². The molecule has 1 nitrogen and oxygen atoms in total. The summed E-state index contributed by atoms with van der Waals surface area (Å²) in [6.07, 6.45) is 0. The monoisotopic (exact) mass is 503 g/mol. The fourth-order valence-electron chi connectivity index (χ4n) is 6.33. The van der Waals surface area contributed by atoms with Crippen molar-refractivity contribution in [2.75, 3.05) is 0 Å². The Hall–Kier alpha value is -4.27. The quantitative estimate of drug-likeness (QED) is 0.229. The number of nitrogens with zero attached hydrogens (tertiary/aromatic N) is 1. The lowest BCUT2D eigenvalue weighted by Gasteiger charge is -2.21. The van der Waals surface area contributed by atoms with Crippen LogP contribution in [0.15, 0.2) is 115 Å². The first-order valence-corrected chi connectivity index (χ1v) is 14.0. The molecule has 38 heavy (non-hydrogen) atoms. The second kappa shape index (κ2) is 7.86. The molecule has 2 aromatic heterocycles. The number of pyridine rings is 1. The van der Waals surface area contributed by atoms with Crippen molar-refractivity contribution in [3.05, 3.63) is 126 Å². The molecule has 0 fully saturated rings. The number of hydrogen-bond acceptors (Lipinski definition) is 2.